The van der Waals surface area contributed by atoms with Gasteiger partial charge in [0.05, 0.1) is 27.7 Å². The number of carboxylic acids is 1. The number of hydrogen-bond donors (Lipinski definition) is 2. The first-order chi connectivity index (χ1) is 11.9. The lowest BCUT2D eigenvalue weighted by molar-refractivity contribution is 0.0689. The number of aromatic carboxylic acids is 1. The van der Waals surface area contributed by atoms with E-state index in [1.54, 1.807) is 10.6 Å². The molecule has 2 aromatic rings. The average Bonchev–Trinajstić information content (AvgIpc) is 2.55. The van der Waals surface area contributed by atoms with Gasteiger partial charge in [-0.25, -0.2) is 9.18 Å². The van der Waals surface area contributed by atoms with Crippen molar-refractivity contribution in [2.75, 3.05) is 18.0 Å². The van der Waals surface area contributed by atoms with Gasteiger partial charge in [0.15, 0.2) is 0 Å². The molecule has 6 nitrogen and oxygen atoms in total. The minimum absolute atomic E-state index is 0.0160. The molecule has 2 aliphatic heterocycles. The van der Waals surface area contributed by atoms with E-state index >= 15 is 0 Å². The van der Waals surface area contributed by atoms with E-state index in [-0.39, 0.29) is 22.4 Å². The highest BCUT2D eigenvalue weighted by atomic mass is 32.2. The summed E-state index contributed by atoms with van der Waals surface area (Å²) in [7, 11) is 0. The first kappa shape index (κ1) is 16.4. The van der Waals surface area contributed by atoms with Gasteiger partial charge >= 0.3 is 5.97 Å². The summed E-state index contributed by atoms with van der Waals surface area (Å²) < 4.78 is 16.4. The number of nitrogens with zero attached hydrogens (tertiary/aromatic N) is 2. The average molecular weight is 364 g/mol. The molecule has 1 atom stereocenters. The lowest BCUT2D eigenvalue weighted by Crippen LogP contribution is -2.36. The van der Waals surface area contributed by atoms with Gasteiger partial charge in [-0.2, -0.15) is 0 Å². The third kappa shape index (κ3) is 2.43. The van der Waals surface area contributed by atoms with Crippen LogP contribution in [0, 0.1) is 5.82 Å². The molecule has 1 aromatic carbocycles. The second-order valence-electron chi connectivity index (χ2n) is 6.44. The molecule has 132 valence electrons. The van der Waals surface area contributed by atoms with E-state index in [1.807, 2.05) is 11.8 Å². The van der Waals surface area contributed by atoms with E-state index in [0.29, 0.717) is 42.2 Å². The van der Waals surface area contributed by atoms with Crippen molar-refractivity contribution in [3.8, 4) is 0 Å². The maximum absolute atomic E-state index is 14.7. The van der Waals surface area contributed by atoms with Gasteiger partial charge in [-0.15, -0.1) is 0 Å². The minimum Gasteiger partial charge on any atom is -0.477 e. The first-order valence-corrected chi connectivity index (χ1v) is 9.01. The number of fused-ring (bicyclic) bond motifs is 3. The zero-order chi connectivity index (χ0) is 17.9. The molecule has 1 aromatic heterocycles. The predicted octanol–water partition coefficient (Wildman–Crippen LogP) is 2.42. The molecule has 2 aliphatic rings. The molecule has 2 N–H and O–H groups in total. The molecule has 1 saturated heterocycles. The molecule has 0 radical (unpaired) electrons. The fraction of sp³-hybridized carbons (Fsp3) is 0.412. The third-order valence-electron chi connectivity index (χ3n) is 4.89. The third-order valence-corrected chi connectivity index (χ3v) is 6.07. The number of rotatable bonds is 2. The Kier molecular flexibility index (Phi) is 3.77. The molecule has 8 heteroatoms. The van der Waals surface area contributed by atoms with E-state index in [9.17, 15) is 24.2 Å². The molecule has 3 heterocycles. The second-order valence-corrected chi connectivity index (χ2v) is 7.75. The summed E-state index contributed by atoms with van der Waals surface area (Å²) in [5.74, 6) is -1.83. The Morgan fingerprint density at radius 3 is 2.60 bits per heavy atom. The molecule has 0 aliphatic carbocycles. The van der Waals surface area contributed by atoms with Crippen molar-refractivity contribution in [2.24, 2.45) is 0 Å². The van der Waals surface area contributed by atoms with E-state index in [4.69, 9.17) is 0 Å². The molecule has 1 unspecified atom stereocenters. The fourth-order valence-electron chi connectivity index (χ4n) is 3.57. The number of pyridine rings is 1. The van der Waals surface area contributed by atoms with E-state index in [0.717, 1.165) is 6.07 Å². The predicted molar refractivity (Wildman–Crippen MR) is 93.1 cm³/mol. The van der Waals surface area contributed by atoms with Crippen LogP contribution in [0.15, 0.2) is 22.0 Å². The molecule has 25 heavy (non-hydrogen) atoms. The normalized spacial score (nSPS) is 20.4. The Morgan fingerprint density at radius 2 is 2.00 bits per heavy atom. The number of aromatic nitrogens is 1. The van der Waals surface area contributed by atoms with Crippen molar-refractivity contribution in [1.82, 2.24) is 4.57 Å². The first-order valence-electron chi connectivity index (χ1n) is 8.13. The number of thioether (sulfide) groups is 1. The van der Waals surface area contributed by atoms with Crippen LogP contribution in [-0.2, 0) is 0 Å². The standard InChI is InChI=1S/C17H17FN2O4S/c1-8-20-12-7-13(19-4-2-9(21)3-5-19)11(18)6-10(12)15(22)14(17(23)24)16(20)25-8/h6-9,21H,2-5H2,1H3,(H,23,24). The van der Waals surface area contributed by atoms with Crippen molar-refractivity contribution in [2.45, 2.75) is 36.3 Å². The highest BCUT2D eigenvalue weighted by molar-refractivity contribution is 8.00. The Hall–Kier alpha value is -2.06. The Bertz CT molecular complexity index is 950. The number of benzene rings is 1. The number of halogens is 1. The number of hydrogen-bond acceptors (Lipinski definition) is 5. The largest absolute Gasteiger partial charge is 0.477 e. The summed E-state index contributed by atoms with van der Waals surface area (Å²) in [6.07, 6.45) is 0.775. The van der Waals surface area contributed by atoms with Crippen LogP contribution in [0.4, 0.5) is 10.1 Å². The quantitative estimate of drug-likeness (QED) is 0.852. The van der Waals surface area contributed by atoms with Crippen LogP contribution in [0.2, 0.25) is 0 Å². The van der Waals surface area contributed by atoms with Crippen LogP contribution in [0.5, 0.6) is 0 Å². The molecule has 0 spiro atoms. The van der Waals surface area contributed by atoms with Gasteiger partial charge < -0.3 is 19.7 Å². The number of carbonyl (C=O) groups is 1. The highest BCUT2D eigenvalue weighted by Crippen LogP contribution is 2.46. The smallest absolute Gasteiger partial charge is 0.342 e. The summed E-state index contributed by atoms with van der Waals surface area (Å²) in [6, 6.07) is 2.78. The monoisotopic (exact) mass is 364 g/mol. The van der Waals surface area contributed by atoms with Crippen molar-refractivity contribution in [3.05, 3.63) is 33.7 Å². The molecular formula is C17H17FN2O4S. The summed E-state index contributed by atoms with van der Waals surface area (Å²) in [5.41, 5.74) is 0.0101. The van der Waals surface area contributed by atoms with Crippen LogP contribution >= 0.6 is 11.8 Å². The van der Waals surface area contributed by atoms with Crippen molar-refractivity contribution >= 4 is 34.3 Å². The lowest BCUT2D eigenvalue weighted by atomic mass is 10.1. The van der Waals surface area contributed by atoms with Gasteiger partial charge in [-0.1, -0.05) is 11.8 Å². The van der Waals surface area contributed by atoms with E-state index < -0.39 is 17.2 Å². The summed E-state index contributed by atoms with van der Waals surface area (Å²) in [5, 5.41) is 19.5. The van der Waals surface area contributed by atoms with Gasteiger partial charge in [-0.3, -0.25) is 4.79 Å². The lowest BCUT2D eigenvalue weighted by Gasteiger charge is -2.34. The molecule has 0 saturated carbocycles. The molecule has 1 fully saturated rings. The highest BCUT2D eigenvalue weighted by Gasteiger charge is 2.33. The van der Waals surface area contributed by atoms with E-state index in [1.165, 1.54) is 11.8 Å². The van der Waals surface area contributed by atoms with Crippen molar-refractivity contribution in [3.63, 3.8) is 0 Å². The van der Waals surface area contributed by atoms with Gasteiger partial charge in [0.2, 0.25) is 5.43 Å². The number of aliphatic hydroxyl groups excluding tert-OH is 1. The summed E-state index contributed by atoms with van der Waals surface area (Å²) >= 11 is 1.33. The molecule has 0 bridgehead atoms. The van der Waals surface area contributed by atoms with Crippen LogP contribution < -0.4 is 10.3 Å². The van der Waals surface area contributed by atoms with E-state index in [2.05, 4.69) is 0 Å². The Balaban J connectivity index is 1.93. The maximum Gasteiger partial charge on any atom is 0.342 e. The van der Waals surface area contributed by atoms with Gasteiger partial charge in [0, 0.05) is 18.5 Å². The number of anilines is 1. The van der Waals surface area contributed by atoms with Gasteiger partial charge in [0.25, 0.3) is 0 Å². The summed E-state index contributed by atoms with van der Waals surface area (Å²) in [6.45, 7) is 2.99. The van der Waals surface area contributed by atoms with Crippen molar-refractivity contribution < 1.29 is 19.4 Å². The number of piperidine rings is 1. The van der Waals surface area contributed by atoms with Crippen LogP contribution in [-0.4, -0.2) is 39.9 Å². The van der Waals surface area contributed by atoms with Crippen molar-refractivity contribution in [1.29, 1.82) is 0 Å². The van der Waals surface area contributed by atoms with Crippen LogP contribution in [0.25, 0.3) is 10.9 Å². The molecule has 0 amide bonds. The molecule has 4 rings (SSSR count). The topological polar surface area (TPSA) is 82.8 Å². The second kappa shape index (κ2) is 5.74. The molecular weight excluding hydrogens is 347 g/mol. The fourth-order valence-corrected chi connectivity index (χ4v) is 4.73. The Labute approximate surface area is 146 Å². The zero-order valence-electron chi connectivity index (χ0n) is 13.5. The zero-order valence-corrected chi connectivity index (χ0v) is 14.3. The maximum atomic E-state index is 14.7. The SMILES string of the molecule is CC1Sc2c(C(=O)O)c(=O)c3cc(F)c(N4CCC(O)CC4)cc3n21. The van der Waals surface area contributed by atoms with Crippen LogP contribution in [0.3, 0.4) is 0 Å². The Morgan fingerprint density at radius 1 is 1.32 bits per heavy atom. The minimum atomic E-state index is -1.29. The number of aliphatic hydroxyl groups is 1. The van der Waals surface area contributed by atoms with Gasteiger partial charge in [0.1, 0.15) is 11.4 Å². The summed E-state index contributed by atoms with van der Waals surface area (Å²) in [4.78, 5) is 25.9. The number of carboxylic acid groups (broad SMARTS) is 1. The van der Waals surface area contributed by atoms with Gasteiger partial charge in [-0.05, 0) is 31.9 Å². The van der Waals surface area contributed by atoms with Crippen LogP contribution in [0.1, 0.15) is 35.5 Å².